The maximum atomic E-state index is 10.6. The van der Waals surface area contributed by atoms with Crippen LogP contribution in [0.2, 0.25) is 0 Å². The summed E-state index contributed by atoms with van der Waals surface area (Å²) >= 11 is 0. The Kier molecular flexibility index (Phi) is 4.71. The summed E-state index contributed by atoms with van der Waals surface area (Å²) in [6.45, 7) is 1.67. The van der Waals surface area contributed by atoms with Crippen LogP contribution < -0.4 is 10.5 Å². The van der Waals surface area contributed by atoms with Crippen molar-refractivity contribution in [3.63, 3.8) is 0 Å². The van der Waals surface area contributed by atoms with Crippen molar-refractivity contribution in [2.75, 3.05) is 12.9 Å². The van der Waals surface area contributed by atoms with Gasteiger partial charge in [0.05, 0.1) is 12.9 Å². The summed E-state index contributed by atoms with van der Waals surface area (Å²) < 4.78 is 25.4. The minimum absolute atomic E-state index is 0.155. The van der Waals surface area contributed by atoms with E-state index in [4.69, 9.17) is 5.14 Å². The van der Waals surface area contributed by atoms with Crippen molar-refractivity contribution in [3.05, 3.63) is 0 Å². The average molecular weight is 210 g/mol. The molecule has 1 unspecified atom stereocenters. The number of methoxy groups -OCH3 is 1. The van der Waals surface area contributed by atoms with Crippen LogP contribution in [-0.4, -0.2) is 33.4 Å². The van der Waals surface area contributed by atoms with Gasteiger partial charge >= 0.3 is 6.09 Å². The maximum absolute atomic E-state index is 10.6. The largest absolute Gasteiger partial charge is 0.453 e. The lowest BCUT2D eigenvalue weighted by molar-refractivity contribution is 0.167. The summed E-state index contributed by atoms with van der Waals surface area (Å²) in [5, 5.41) is 7.20. The molecular formula is C6H14N2O4S. The van der Waals surface area contributed by atoms with Crippen LogP contribution in [0.4, 0.5) is 4.79 Å². The Bertz CT molecular complexity index is 262. The number of nitrogens with one attached hydrogen (secondary N) is 1. The second-order valence-electron chi connectivity index (χ2n) is 2.69. The lowest BCUT2D eigenvalue weighted by Gasteiger charge is -2.11. The highest BCUT2D eigenvalue weighted by atomic mass is 32.2. The highest BCUT2D eigenvalue weighted by Crippen LogP contribution is 1.93. The molecule has 0 heterocycles. The molecule has 0 aliphatic rings. The second kappa shape index (κ2) is 5.03. The zero-order valence-corrected chi connectivity index (χ0v) is 8.43. The van der Waals surface area contributed by atoms with Crippen molar-refractivity contribution in [1.82, 2.24) is 5.32 Å². The minimum atomic E-state index is -3.45. The van der Waals surface area contributed by atoms with Gasteiger partial charge in [-0.15, -0.1) is 0 Å². The molecule has 0 aromatic rings. The average Bonchev–Trinajstić information content (AvgIpc) is 1.99. The molecule has 0 rings (SSSR count). The second-order valence-corrected chi connectivity index (χ2v) is 4.43. The van der Waals surface area contributed by atoms with Crippen LogP contribution >= 0.6 is 0 Å². The van der Waals surface area contributed by atoms with E-state index in [1.54, 1.807) is 6.92 Å². The van der Waals surface area contributed by atoms with Crippen LogP contribution in [0.25, 0.3) is 0 Å². The first-order chi connectivity index (χ1) is 5.85. The summed E-state index contributed by atoms with van der Waals surface area (Å²) in [5.41, 5.74) is 0. The van der Waals surface area contributed by atoms with Crippen molar-refractivity contribution >= 4 is 16.1 Å². The van der Waals surface area contributed by atoms with E-state index in [9.17, 15) is 13.2 Å². The van der Waals surface area contributed by atoms with Crippen LogP contribution in [0.5, 0.6) is 0 Å². The van der Waals surface area contributed by atoms with Crippen LogP contribution in [0, 0.1) is 0 Å². The van der Waals surface area contributed by atoms with E-state index in [0.29, 0.717) is 0 Å². The highest BCUT2D eigenvalue weighted by Gasteiger charge is 2.10. The van der Waals surface area contributed by atoms with Crippen molar-refractivity contribution in [2.24, 2.45) is 5.14 Å². The zero-order valence-electron chi connectivity index (χ0n) is 7.61. The Morgan fingerprint density at radius 2 is 2.15 bits per heavy atom. The molecule has 0 aromatic carbocycles. The summed E-state index contributed by atoms with van der Waals surface area (Å²) in [4.78, 5) is 10.6. The lowest BCUT2D eigenvalue weighted by Crippen LogP contribution is -2.34. The van der Waals surface area contributed by atoms with Gasteiger partial charge in [0.15, 0.2) is 0 Å². The van der Waals surface area contributed by atoms with Crippen LogP contribution in [0.3, 0.4) is 0 Å². The molecule has 0 aliphatic carbocycles. The van der Waals surface area contributed by atoms with Gasteiger partial charge in [-0.05, 0) is 13.3 Å². The summed E-state index contributed by atoms with van der Waals surface area (Å²) in [6, 6.07) is -0.272. The molecule has 0 radical (unpaired) electrons. The quantitative estimate of drug-likeness (QED) is 0.647. The molecule has 0 saturated heterocycles. The van der Waals surface area contributed by atoms with Gasteiger partial charge in [-0.2, -0.15) is 0 Å². The third-order valence-corrected chi connectivity index (χ3v) is 2.19. The first-order valence-electron chi connectivity index (χ1n) is 3.70. The number of carbonyl (C=O) groups is 1. The molecule has 0 aromatic heterocycles. The van der Waals surface area contributed by atoms with Gasteiger partial charge in [0.1, 0.15) is 0 Å². The third-order valence-electron chi connectivity index (χ3n) is 1.39. The smallest absolute Gasteiger partial charge is 0.407 e. The third kappa shape index (κ3) is 7.54. The predicted molar refractivity (Wildman–Crippen MR) is 47.6 cm³/mol. The fourth-order valence-electron chi connectivity index (χ4n) is 0.673. The molecule has 1 amide bonds. The number of hydrogen-bond acceptors (Lipinski definition) is 4. The highest BCUT2D eigenvalue weighted by molar-refractivity contribution is 7.89. The molecular weight excluding hydrogens is 196 g/mol. The Labute approximate surface area is 77.5 Å². The van der Waals surface area contributed by atoms with Gasteiger partial charge in [0, 0.05) is 6.04 Å². The van der Waals surface area contributed by atoms with E-state index >= 15 is 0 Å². The molecule has 3 N–H and O–H groups in total. The fraction of sp³-hybridized carbons (Fsp3) is 0.833. The van der Waals surface area contributed by atoms with Gasteiger partial charge in [-0.1, -0.05) is 0 Å². The minimum Gasteiger partial charge on any atom is -0.453 e. The number of ether oxygens (including phenoxy) is 1. The number of primary sulfonamides is 1. The van der Waals surface area contributed by atoms with Gasteiger partial charge in [0.25, 0.3) is 0 Å². The molecule has 0 fully saturated rings. The first kappa shape index (κ1) is 12.2. The number of rotatable bonds is 4. The predicted octanol–water partition coefficient (Wildman–Crippen LogP) is -0.590. The Hall–Kier alpha value is -0.820. The lowest BCUT2D eigenvalue weighted by atomic mass is 10.3. The standard InChI is InChI=1S/C6H14N2O4S/c1-5(8-6(9)12-2)3-4-13(7,10)11/h5H,3-4H2,1-2H3,(H,8,9)(H2,7,10,11). The molecule has 6 nitrogen and oxygen atoms in total. The van der Waals surface area contributed by atoms with E-state index in [2.05, 4.69) is 10.1 Å². The maximum Gasteiger partial charge on any atom is 0.407 e. The molecule has 0 aliphatic heterocycles. The van der Waals surface area contributed by atoms with Gasteiger partial charge in [-0.25, -0.2) is 18.4 Å². The number of sulfonamides is 1. The van der Waals surface area contributed by atoms with E-state index in [-0.39, 0.29) is 18.2 Å². The number of alkyl carbamates (subject to hydrolysis) is 1. The zero-order chi connectivity index (χ0) is 10.5. The van der Waals surface area contributed by atoms with Gasteiger partial charge < -0.3 is 10.1 Å². The van der Waals surface area contributed by atoms with Gasteiger partial charge in [0.2, 0.25) is 10.0 Å². The molecule has 0 bridgehead atoms. The number of amides is 1. The first-order valence-corrected chi connectivity index (χ1v) is 5.41. The summed E-state index contributed by atoms with van der Waals surface area (Å²) in [6.07, 6.45) is -0.310. The molecule has 0 saturated carbocycles. The summed E-state index contributed by atoms with van der Waals surface area (Å²) in [7, 11) is -2.22. The topological polar surface area (TPSA) is 98.5 Å². The van der Waals surface area contributed by atoms with Crippen LogP contribution in [0.1, 0.15) is 13.3 Å². The van der Waals surface area contributed by atoms with E-state index < -0.39 is 16.1 Å². The number of hydrogen-bond donors (Lipinski definition) is 2. The number of nitrogens with two attached hydrogens (primary N) is 1. The molecule has 13 heavy (non-hydrogen) atoms. The fourth-order valence-corrected chi connectivity index (χ4v) is 1.36. The molecule has 78 valence electrons. The molecule has 1 atom stereocenters. The SMILES string of the molecule is COC(=O)NC(C)CCS(N)(=O)=O. The van der Waals surface area contributed by atoms with Gasteiger partial charge in [-0.3, -0.25) is 0 Å². The van der Waals surface area contributed by atoms with Crippen molar-refractivity contribution in [3.8, 4) is 0 Å². The normalized spacial score (nSPS) is 13.5. The van der Waals surface area contributed by atoms with Crippen LogP contribution in [0.15, 0.2) is 0 Å². The number of carbonyl (C=O) groups excluding carboxylic acids is 1. The molecule has 0 spiro atoms. The monoisotopic (exact) mass is 210 g/mol. The molecule has 7 heteroatoms. The van der Waals surface area contributed by atoms with Crippen molar-refractivity contribution in [1.29, 1.82) is 0 Å². The van der Waals surface area contributed by atoms with Crippen molar-refractivity contribution < 1.29 is 17.9 Å². The van der Waals surface area contributed by atoms with E-state index in [1.165, 1.54) is 7.11 Å². The van der Waals surface area contributed by atoms with Crippen LogP contribution in [-0.2, 0) is 14.8 Å². The Morgan fingerprint density at radius 1 is 1.62 bits per heavy atom. The summed E-state index contributed by atoms with van der Waals surface area (Å²) in [5.74, 6) is -0.155. The van der Waals surface area contributed by atoms with E-state index in [0.717, 1.165) is 0 Å². The Morgan fingerprint density at radius 3 is 2.54 bits per heavy atom. The van der Waals surface area contributed by atoms with E-state index in [1.807, 2.05) is 0 Å². The van der Waals surface area contributed by atoms with Crippen molar-refractivity contribution in [2.45, 2.75) is 19.4 Å². The Balaban J connectivity index is 3.76.